The van der Waals surface area contributed by atoms with Crippen molar-refractivity contribution in [1.29, 1.82) is 0 Å². The molecule has 10 nitrogen and oxygen atoms in total. The van der Waals surface area contributed by atoms with Gasteiger partial charge in [-0.1, -0.05) is 0 Å². The molecular formula is C26H26N6O4. The molecule has 3 aromatic heterocycles. The van der Waals surface area contributed by atoms with Crippen LogP contribution in [0.2, 0.25) is 0 Å². The minimum Gasteiger partial charge on any atom is -0.497 e. The Labute approximate surface area is 206 Å². The Morgan fingerprint density at radius 1 is 1.11 bits per heavy atom. The Morgan fingerprint density at radius 3 is 2.86 bits per heavy atom. The van der Waals surface area contributed by atoms with E-state index in [1.165, 1.54) is 5.56 Å². The van der Waals surface area contributed by atoms with Gasteiger partial charge >= 0.3 is 5.97 Å². The summed E-state index contributed by atoms with van der Waals surface area (Å²) in [5.41, 5.74) is 4.20. The number of hydrogen-bond acceptors (Lipinski definition) is 8. The third kappa shape index (κ3) is 5.08. The number of fused-ring (bicyclic) bond motifs is 2. The van der Waals surface area contributed by atoms with Gasteiger partial charge in [-0.25, -0.2) is 9.78 Å². The van der Waals surface area contributed by atoms with Gasteiger partial charge in [0.2, 0.25) is 5.95 Å². The Kier molecular flexibility index (Phi) is 6.67. The number of aromatic nitrogens is 4. The Balaban J connectivity index is 1.22. The number of H-pyrrole nitrogens is 2. The monoisotopic (exact) mass is 486 g/mol. The standard InChI is InChI=1S/C26H26N6O4/c1-35-19-3-5-22-20(14-19)16(15-29-22)6-8-27-26-28-9-7-24(32-26)30-18-2-4-21-17(12-18)13-23(31-21)25(34)36-11-10-33/h2-5,7,9,12-15,29,31,33H,6,8,10-11H2,1H3,(H2,27,28,30,32). The molecule has 2 aromatic carbocycles. The van der Waals surface area contributed by atoms with Crippen molar-refractivity contribution in [2.45, 2.75) is 6.42 Å². The average Bonchev–Trinajstić information content (AvgIpc) is 3.51. The van der Waals surface area contributed by atoms with E-state index in [-0.39, 0.29) is 13.2 Å². The van der Waals surface area contributed by atoms with Crippen LogP contribution in [0.3, 0.4) is 0 Å². The predicted octanol–water partition coefficient (Wildman–Crippen LogP) is 4.00. The van der Waals surface area contributed by atoms with E-state index in [0.29, 0.717) is 24.0 Å². The highest BCUT2D eigenvalue weighted by Gasteiger charge is 2.11. The Morgan fingerprint density at radius 2 is 2.00 bits per heavy atom. The summed E-state index contributed by atoms with van der Waals surface area (Å²) in [4.78, 5) is 27.2. The third-order valence-corrected chi connectivity index (χ3v) is 5.75. The van der Waals surface area contributed by atoms with Crippen LogP contribution in [-0.4, -0.2) is 57.9 Å². The third-order valence-electron chi connectivity index (χ3n) is 5.75. The molecule has 0 radical (unpaired) electrons. The molecule has 0 bridgehead atoms. The smallest absolute Gasteiger partial charge is 0.354 e. The predicted molar refractivity (Wildman–Crippen MR) is 138 cm³/mol. The fourth-order valence-corrected chi connectivity index (χ4v) is 4.00. The van der Waals surface area contributed by atoms with Crippen molar-refractivity contribution in [1.82, 2.24) is 19.9 Å². The van der Waals surface area contributed by atoms with Gasteiger partial charge in [-0.05, 0) is 60.5 Å². The van der Waals surface area contributed by atoms with Crippen LogP contribution in [0.1, 0.15) is 16.1 Å². The molecule has 0 atom stereocenters. The van der Waals surface area contributed by atoms with Crippen molar-refractivity contribution in [3.8, 4) is 5.75 Å². The molecule has 0 saturated carbocycles. The summed E-state index contributed by atoms with van der Waals surface area (Å²) in [7, 11) is 1.66. The minimum absolute atomic E-state index is 0.0401. The molecule has 5 rings (SSSR count). The normalized spacial score (nSPS) is 11.1. The van der Waals surface area contributed by atoms with Gasteiger partial charge in [-0.2, -0.15) is 4.98 Å². The molecule has 3 heterocycles. The van der Waals surface area contributed by atoms with E-state index in [9.17, 15) is 4.79 Å². The van der Waals surface area contributed by atoms with Crippen LogP contribution in [-0.2, 0) is 11.2 Å². The molecule has 5 N–H and O–H groups in total. The number of carbonyl (C=O) groups is 1. The quantitative estimate of drug-likeness (QED) is 0.187. The first-order chi connectivity index (χ1) is 17.6. The number of nitrogens with one attached hydrogen (secondary N) is 4. The second-order valence-electron chi connectivity index (χ2n) is 8.14. The molecule has 0 unspecified atom stereocenters. The number of esters is 1. The number of anilines is 3. The number of hydrogen-bond donors (Lipinski definition) is 5. The first-order valence-corrected chi connectivity index (χ1v) is 11.5. The number of methoxy groups -OCH3 is 1. The highest BCUT2D eigenvalue weighted by molar-refractivity contribution is 5.96. The lowest BCUT2D eigenvalue weighted by molar-refractivity contribution is 0.0428. The molecule has 184 valence electrons. The van der Waals surface area contributed by atoms with Gasteiger partial charge in [0.15, 0.2) is 0 Å². The largest absolute Gasteiger partial charge is 0.497 e. The van der Waals surface area contributed by atoms with E-state index in [2.05, 4.69) is 30.6 Å². The van der Waals surface area contributed by atoms with Crippen molar-refractivity contribution in [2.24, 2.45) is 0 Å². The molecule has 0 aliphatic rings. The lowest BCUT2D eigenvalue weighted by atomic mass is 10.1. The van der Waals surface area contributed by atoms with E-state index in [4.69, 9.17) is 14.6 Å². The van der Waals surface area contributed by atoms with Crippen LogP contribution >= 0.6 is 0 Å². The summed E-state index contributed by atoms with van der Waals surface area (Å²) in [5, 5.41) is 17.4. The second-order valence-corrected chi connectivity index (χ2v) is 8.14. The molecule has 0 amide bonds. The van der Waals surface area contributed by atoms with E-state index in [1.54, 1.807) is 25.4 Å². The van der Waals surface area contributed by atoms with Crippen molar-refractivity contribution in [2.75, 3.05) is 37.5 Å². The van der Waals surface area contributed by atoms with E-state index < -0.39 is 5.97 Å². The summed E-state index contributed by atoms with van der Waals surface area (Å²) >= 11 is 0. The molecule has 0 saturated heterocycles. The van der Waals surface area contributed by atoms with Crippen LogP contribution in [0.5, 0.6) is 5.75 Å². The summed E-state index contributed by atoms with van der Waals surface area (Å²) in [6.45, 7) is 0.410. The number of aromatic amines is 2. The zero-order valence-electron chi connectivity index (χ0n) is 19.7. The lowest BCUT2D eigenvalue weighted by Gasteiger charge is -2.09. The molecule has 0 aliphatic carbocycles. The molecule has 5 aromatic rings. The molecule has 0 fully saturated rings. The molecule has 0 aliphatic heterocycles. The number of nitrogens with zero attached hydrogens (tertiary/aromatic N) is 2. The maximum absolute atomic E-state index is 12.0. The zero-order chi connectivity index (χ0) is 24.9. The molecule has 10 heteroatoms. The molecule has 36 heavy (non-hydrogen) atoms. The highest BCUT2D eigenvalue weighted by Crippen LogP contribution is 2.25. The number of benzene rings is 2. The number of ether oxygens (including phenoxy) is 2. The molecule has 0 spiro atoms. The van der Waals surface area contributed by atoms with Crippen molar-refractivity contribution < 1.29 is 19.4 Å². The van der Waals surface area contributed by atoms with Gasteiger partial charge in [-0.15, -0.1) is 0 Å². The lowest BCUT2D eigenvalue weighted by Crippen LogP contribution is -2.08. The van der Waals surface area contributed by atoms with Gasteiger partial charge in [0.1, 0.15) is 23.9 Å². The second kappa shape index (κ2) is 10.4. The maximum Gasteiger partial charge on any atom is 0.354 e. The SMILES string of the molecule is COc1ccc2[nH]cc(CCNc3nccc(Nc4ccc5[nH]c(C(=O)OCCO)cc5c4)n3)c2c1. The minimum atomic E-state index is -0.506. The number of rotatable bonds is 10. The van der Waals surface area contributed by atoms with Gasteiger partial charge in [0.05, 0.1) is 13.7 Å². The van der Waals surface area contributed by atoms with Crippen LogP contribution in [0, 0.1) is 0 Å². The maximum atomic E-state index is 12.0. The van der Waals surface area contributed by atoms with Crippen molar-refractivity contribution in [3.05, 3.63) is 72.2 Å². The summed E-state index contributed by atoms with van der Waals surface area (Å²) in [5.74, 6) is 1.48. The van der Waals surface area contributed by atoms with Gasteiger partial charge in [-0.3, -0.25) is 0 Å². The number of aliphatic hydroxyl groups is 1. The first kappa shape index (κ1) is 23.2. The fourth-order valence-electron chi connectivity index (χ4n) is 4.00. The van der Waals surface area contributed by atoms with E-state index >= 15 is 0 Å². The summed E-state index contributed by atoms with van der Waals surface area (Å²) in [6.07, 6.45) is 4.50. The molecular weight excluding hydrogens is 460 g/mol. The van der Waals surface area contributed by atoms with Crippen molar-refractivity contribution >= 4 is 45.2 Å². The zero-order valence-corrected chi connectivity index (χ0v) is 19.7. The number of aliphatic hydroxyl groups excluding tert-OH is 1. The van der Waals surface area contributed by atoms with Gasteiger partial charge < -0.3 is 35.2 Å². The van der Waals surface area contributed by atoms with Crippen LogP contribution in [0.4, 0.5) is 17.5 Å². The van der Waals surface area contributed by atoms with Crippen LogP contribution < -0.4 is 15.4 Å². The number of carbonyl (C=O) groups excluding carboxylic acids is 1. The van der Waals surface area contributed by atoms with Gasteiger partial charge in [0, 0.05) is 46.4 Å². The first-order valence-electron chi connectivity index (χ1n) is 11.5. The summed E-state index contributed by atoms with van der Waals surface area (Å²) in [6, 6.07) is 15.2. The fraction of sp³-hybridized carbons (Fsp3) is 0.192. The average molecular weight is 487 g/mol. The van der Waals surface area contributed by atoms with Crippen LogP contribution in [0.25, 0.3) is 21.8 Å². The summed E-state index contributed by atoms with van der Waals surface area (Å²) < 4.78 is 10.3. The van der Waals surface area contributed by atoms with E-state index in [0.717, 1.165) is 39.7 Å². The highest BCUT2D eigenvalue weighted by atomic mass is 16.5. The Hall–Kier alpha value is -4.57. The van der Waals surface area contributed by atoms with Gasteiger partial charge in [0.25, 0.3) is 0 Å². The Bertz CT molecular complexity index is 1510. The van der Waals surface area contributed by atoms with Crippen LogP contribution in [0.15, 0.2) is 60.9 Å². The van der Waals surface area contributed by atoms with Crippen molar-refractivity contribution in [3.63, 3.8) is 0 Å². The van der Waals surface area contributed by atoms with E-state index in [1.807, 2.05) is 42.6 Å². The topological polar surface area (TPSA) is 137 Å².